The molecule has 0 radical (unpaired) electrons. The van der Waals surface area contributed by atoms with Crippen LogP contribution in [0.1, 0.15) is 91.9 Å². The zero-order chi connectivity index (χ0) is 21.9. The lowest BCUT2D eigenvalue weighted by atomic mass is 10.1. The number of hydrogen-bond donors (Lipinski definition) is 1. The second-order valence-electron chi connectivity index (χ2n) is 7.67. The molecule has 0 aromatic heterocycles. The Balaban J connectivity index is 0. The highest BCUT2D eigenvalue weighted by Gasteiger charge is 2.24. The summed E-state index contributed by atoms with van der Waals surface area (Å²) in [7, 11) is -4.17. The van der Waals surface area contributed by atoms with Crippen molar-refractivity contribution in [1.29, 1.82) is 0 Å². The van der Waals surface area contributed by atoms with Crippen LogP contribution in [-0.2, 0) is 10.1 Å². The van der Waals surface area contributed by atoms with Crippen LogP contribution in [0.5, 0.6) is 0 Å². The van der Waals surface area contributed by atoms with Crippen LogP contribution in [0, 0.1) is 12.3 Å². The predicted molar refractivity (Wildman–Crippen MR) is 119 cm³/mol. The van der Waals surface area contributed by atoms with Crippen LogP contribution in [0.2, 0.25) is 0 Å². The topological polar surface area (TPSA) is 54.4 Å². The van der Waals surface area contributed by atoms with Crippen LogP contribution in [0.4, 0.5) is 4.39 Å². The number of nitrogens with zero attached hydrogens (tertiary/aromatic N) is 1. The quantitative estimate of drug-likeness (QED) is 0.199. The molecular formula is C22H45FNO3S+. The molecular weight excluding hydrogens is 377 g/mol. The van der Waals surface area contributed by atoms with Gasteiger partial charge in [-0.1, -0.05) is 53.4 Å². The Morgan fingerprint density at radius 1 is 0.893 bits per heavy atom. The summed E-state index contributed by atoms with van der Waals surface area (Å²) in [6.07, 6.45) is 15.5. The molecule has 0 spiro atoms. The van der Waals surface area contributed by atoms with Gasteiger partial charge in [0.05, 0.1) is 38.1 Å². The van der Waals surface area contributed by atoms with E-state index in [9.17, 15) is 12.8 Å². The van der Waals surface area contributed by atoms with Crippen LogP contribution in [-0.4, -0.2) is 55.6 Å². The molecule has 0 saturated heterocycles. The summed E-state index contributed by atoms with van der Waals surface area (Å²) in [5.41, 5.74) is 0. The average Bonchev–Trinajstić information content (AvgIpc) is 2.66. The van der Waals surface area contributed by atoms with E-state index in [0.717, 1.165) is 0 Å². The lowest BCUT2D eigenvalue weighted by Gasteiger charge is -2.39. The third-order valence-electron chi connectivity index (χ3n) is 5.14. The molecule has 0 rings (SSSR count). The fraction of sp³-hybridized carbons (Fsp3) is 0.909. The molecule has 0 aliphatic carbocycles. The lowest BCUT2D eigenvalue weighted by Crippen LogP contribution is -2.50. The van der Waals surface area contributed by atoms with Gasteiger partial charge in [-0.2, -0.15) is 8.42 Å². The molecule has 6 heteroatoms. The normalized spacial score (nSPS) is 12.8. The monoisotopic (exact) mass is 422 g/mol. The zero-order valence-corrected chi connectivity index (χ0v) is 19.6. The van der Waals surface area contributed by atoms with Crippen molar-refractivity contribution in [2.45, 2.75) is 97.2 Å². The molecule has 168 valence electrons. The minimum atomic E-state index is -4.17. The highest BCUT2D eigenvalue weighted by molar-refractivity contribution is 7.86. The van der Waals surface area contributed by atoms with Gasteiger partial charge >= 0.3 is 0 Å². The highest BCUT2D eigenvalue weighted by Crippen LogP contribution is 2.16. The Morgan fingerprint density at radius 3 is 1.46 bits per heavy atom. The molecule has 0 heterocycles. The summed E-state index contributed by atoms with van der Waals surface area (Å²) in [4.78, 5) is 0. The van der Waals surface area contributed by atoms with E-state index >= 15 is 0 Å². The highest BCUT2D eigenvalue weighted by atomic mass is 32.2. The van der Waals surface area contributed by atoms with Crippen molar-refractivity contribution >= 4 is 10.1 Å². The fourth-order valence-electron chi connectivity index (χ4n) is 3.25. The molecule has 1 unspecified atom stereocenters. The van der Waals surface area contributed by atoms with Crippen molar-refractivity contribution in [1.82, 2.24) is 0 Å². The molecule has 0 amide bonds. The third kappa shape index (κ3) is 15.3. The van der Waals surface area contributed by atoms with Crippen LogP contribution >= 0.6 is 0 Å². The molecule has 0 aliphatic rings. The minimum Gasteiger partial charge on any atom is -0.324 e. The number of alkyl halides is 1. The van der Waals surface area contributed by atoms with E-state index in [2.05, 4.69) is 33.6 Å². The second-order valence-corrected chi connectivity index (χ2v) is 9.37. The summed E-state index contributed by atoms with van der Waals surface area (Å²) in [6.45, 7) is 14.2. The molecule has 0 saturated carbocycles. The summed E-state index contributed by atoms with van der Waals surface area (Å²) in [6, 6.07) is 0. The first kappa shape index (κ1) is 29.6. The van der Waals surface area contributed by atoms with E-state index < -0.39 is 22.0 Å². The maximum atomic E-state index is 11.7. The van der Waals surface area contributed by atoms with Gasteiger partial charge in [0, 0.05) is 6.42 Å². The molecule has 0 bridgehead atoms. The Kier molecular flexibility index (Phi) is 19.4. The molecule has 1 N–H and O–H groups in total. The van der Waals surface area contributed by atoms with Gasteiger partial charge in [0.2, 0.25) is 0 Å². The van der Waals surface area contributed by atoms with Crippen molar-refractivity contribution in [3.63, 3.8) is 0 Å². The number of rotatable bonds is 16. The van der Waals surface area contributed by atoms with Gasteiger partial charge in [-0.05, 0) is 32.1 Å². The van der Waals surface area contributed by atoms with Gasteiger partial charge in [0.1, 0.15) is 0 Å². The van der Waals surface area contributed by atoms with Crippen molar-refractivity contribution in [3.8, 4) is 12.3 Å². The molecule has 0 fully saturated rings. The number of unbranched alkanes of at least 4 members (excludes halogenated alkanes) is 4. The van der Waals surface area contributed by atoms with E-state index in [4.69, 9.17) is 11.0 Å². The van der Waals surface area contributed by atoms with Crippen LogP contribution in [0.3, 0.4) is 0 Å². The predicted octanol–water partition coefficient (Wildman–Crippen LogP) is 5.63. The summed E-state index contributed by atoms with van der Waals surface area (Å²) in [5, 5.41) is -1.16. The standard InChI is InChI=1S/C16H36N.C6H9FO3S/c1-5-9-13-17(14-10-6-2,15-11-7-3)16-12-8-4;1-2-3-6(4-5-7)11(8,9)10/h5-16H2,1-4H3;1,6H,3-5H2,(H,8,9,10)/q+1;. The van der Waals surface area contributed by atoms with E-state index in [0.29, 0.717) is 0 Å². The number of hydrogen-bond acceptors (Lipinski definition) is 2. The Bertz CT molecular complexity index is 451. The molecule has 1 atom stereocenters. The van der Waals surface area contributed by atoms with Gasteiger partial charge in [-0.15, -0.1) is 12.3 Å². The molecule has 28 heavy (non-hydrogen) atoms. The first-order valence-corrected chi connectivity index (χ1v) is 12.6. The van der Waals surface area contributed by atoms with Crippen molar-refractivity contribution in [3.05, 3.63) is 0 Å². The molecule has 4 nitrogen and oxygen atoms in total. The van der Waals surface area contributed by atoms with Crippen LogP contribution in [0.15, 0.2) is 0 Å². The molecule has 0 aromatic carbocycles. The third-order valence-corrected chi connectivity index (χ3v) is 6.39. The largest absolute Gasteiger partial charge is 0.324 e. The second kappa shape index (κ2) is 18.4. The summed E-state index contributed by atoms with van der Waals surface area (Å²) >= 11 is 0. The minimum absolute atomic E-state index is 0.150. The van der Waals surface area contributed by atoms with E-state index in [1.807, 2.05) is 0 Å². The van der Waals surface area contributed by atoms with Crippen molar-refractivity contribution in [2.75, 3.05) is 32.9 Å². The first-order valence-electron chi connectivity index (χ1n) is 11.1. The number of halogens is 1. The summed E-state index contributed by atoms with van der Waals surface area (Å²) < 4.78 is 42.3. The van der Waals surface area contributed by atoms with Crippen molar-refractivity contribution < 1.29 is 21.8 Å². The Hall–Kier alpha value is -0.640. The Morgan fingerprint density at radius 2 is 1.25 bits per heavy atom. The van der Waals surface area contributed by atoms with Gasteiger partial charge in [0.25, 0.3) is 10.1 Å². The Labute approximate surface area is 174 Å². The van der Waals surface area contributed by atoms with E-state index in [1.165, 1.54) is 82.0 Å². The van der Waals surface area contributed by atoms with E-state index in [-0.39, 0.29) is 12.8 Å². The van der Waals surface area contributed by atoms with Crippen LogP contribution in [0.25, 0.3) is 0 Å². The zero-order valence-electron chi connectivity index (χ0n) is 18.8. The van der Waals surface area contributed by atoms with Gasteiger partial charge in [-0.3, -0.25) is 8.94 Å². The smallest absolute Gasteiger partial charge is 0.268 e. The maximum Gasteiger partial charge on any atom is 0.268 e. The average molecular weight is 423 g/mol. The summed E-state index contributed by atoms with van der Waals surface area (Å²) in [5.74, 6) is 2.05. The number of terminal acetylenes is 1. The maximum absolute atomic E-state index is 11.7. The fourth-order valence-corrected chi connectivity index (χ4v) is 3.95. The van der Waals surface area contributed by atoms with Gasteiger partial charge in [0.15, 0.2) is 0 Å². The van der Waals surface area contributed by atoms with Crippen LogP contribution < -0.4 is 0 Å². The van der Waals surface area contributed by atoms with Crippen molar-refractivity contribution in [2.24, 2.45) is 0 Å². The van der Waals surface area contributed by atoms with E-state index in [1.54, 1.807) is 0 Å². The first-order chi connectivity index (χ1) is 13.3. The SMILES string of the molecule is C#CCC(CCF)S(=O)(=O)O.CCCC[N+](CCCC)(CCCC)CCCC. The number of quaternary nitrogens is 1. The van der Waals surface area contributed by atoms with Gasteiger partial charge in [-0.25, -0.2) is 0 Å². The lowest BCUT2D eigenvalue weighted by molar-refractivity contribution is -0.929. The van der Waals surface area contributed by atoms with Gasteiger partial charge < -0.3 is 4.48 Å². The molecule has 0 aliphatic heterocycles. The molecule has 0 aromatic rings.